The van der Waals surface area contributed by atoms with Gasteiger partial charge in [-0.1, -0.05) is 18.2 Å². The summed E-state index contributed by atoms with van der Waals surface area (Å²) in [4.78, 5) is 2.32. The number of halogens is 1. The standard InChI is InChI=1S/C18H20IN3O2S/c1-21(2)16-9-5-14(6-10-16)18-4-3-13-22(20-18)25(23,24)17-11-7-15(19)8-12-17/h4-12,20H,3,13H2,1-2H3. The van der Waals surface area contributed by atoms with Gasteiger partial charge in [-0.15, -0.1) is 4.41 Å². The van der Waals surface area contributed by atoms with Crippen molar-refractivity contribution in [2.45, 2.75) is 11.3 Å². The molecule has 3 rings (SSSR count). The lowest BCUT2D eigenvalue weighted by Gasteiger charge is -2.28. The SMILES string of the molecule is CN(C)c1ccc(C2=CCCN(S(=O)(=O)c3ccc(I)cc3)N2)cc1. The zero-order chi connectivity index (χ0) is 18.0. The highest BCUT2D eigenvalue weighted by Gasteiger charge is 2.27. The Hall–Kier alpha value is -1.58. The molecule has 5 nitrogen and oxygen atoms in total. The van der Waals surface area contributed by atoms with E-state index in [0.717, 1.165) is 20.5 Å². The van der Waals surface area contributed by atoms with Crippen molar-refractivity contribution in [2.75, 3.05) is 25.5 Å². The maximum atomic E-state index is 12.8. The van der Waals surface area contributed by atoms with Crippen molar-refractivity contribution in [2.24, 2.45) is 0 Å². The molecule has 1 aliphatic rings. The van der Waals surface area contributed by atoms with Gasteiger partial charge in [-0.25, -0.2) is 8.42 Å². The number of sulfonamides is 1. The van der Waals surface area contributed by atoms with Gasteiger partial charge >= 0.3 is 0 Å². The van der Waals surface area contributed by atoms with Gasteiger partial charge in [-0.3, -0.25) is 0 Å². The minimum Gasteiger partial charge on any atom is -0.378 e. The lowest BCUT2D eigenvalue weighted by atomic mass is 10.1. The summed E-state index contributed by atoms with van der Waals surface area (Å²) in [5, 5.41) is 0. The Balaban J connectivity index is 1.82. The predicted octanol–water partition coefficient (Wildman–Crippen LogP) is 3.30. The van der Waals surface area contributed by atoms with Crippen molar-refractivity contribution in [3.8, 4) is 0 Å². The molecule has 0 unspecified atom stereocenters. The highest BCUT2D eigenvalue weighted by Crippen LogP contribution is 2.24. The Morgan fingerprint density at radius 1 is 1.04 bits per heavy atom. The molecule has 0 spiro atoms. The van der Waals surface area contributed by atoms with Gasteiger partial charge in [0, 0.05) is 29.9 Å². The molecular weight excluding hydrogens is 449 g/mol. The van der Waals surface area contributed by atoms with Crippen LogP contribution in [0.2, 0.25) is 0 Å². The third kappa shape index (κ3) is 3.99. The van der Waals surface area contributed by atoms with Gasteiger partial charge < -0.3 is 10.3 Å². The average Bonchev–Trinajstić information content (AvgIpc) is 2.62. The predicted molar refractivity (Wildman–Crippen MR) is 110 cm³/mol. The van der Waals surface area contributed by atoms with Crippen molar-refractivity contribution in [1.82, 2.24) is 9.84 Å². The van der Waals surface area contributed by atoms with Gasteiger partial charge in [-0.05, 0) is 71.0 Å². The number of benzene rings is 2. The highest BCUT2D eigenvalue weighted by molar-refractivity contribution is 14.1. The van der Waals surface area contributed by atoms with Crippen LogP contribution in [0, 0.1) is 3.57 Å². The van der Waals surface area contributed by atoms with Crippen LogP contribution in [0.5, 0.6) is 0 Å². The maximum Gasteiger partial charge on any atom is 0.259 e. The first-order valence-electron chi connectivity index (χ1n) is 7.91. The molecule has 25 heavy (non-hydrogen) atoms. The molecule has 7 heteroatoms. The van der Waals surface area contributed by atoms with E-state index in [9.17, 15) is 8.42 Å². The van der Waals surface area contributed by atoms with Gasteiger partial charge in [0.15, 0.2) is 0 Å². The van der Waals surface area contributed by atoms with Gasteiger partial charge in [0.05, 0.1) is 10.6 Å². The summed E-state index contributed by atoms with van der Waals surface area (Å²) < 4.78 is 28.0. The molecule has 0 radical (unpaired) electrons. The van der Waals surface area contributed by atoms with E-state index in [4.69, 9.17) is 0 Å². The van der Waals surface area contributed by atoms with Crippen LogP contribution in [0.15, 0.2) is 59.5 Å². The van der Waals surface area contributed by atoms with Crippen molar-refractivity contribution in [3.05, 3.63) is 63.7 Å². The van der Waals surface area contributed by atoms with Gasteiger partial charge in [-0.2, -0.15) is 0 Å². The van der Waals surface area contributed by atoms with Crippen LogP contribution in [0.25, 0.3) is 5.70 Å². The van der Waals surface area contributed by atoms with Gasteiger partial charge in [0.1, 0.15) is 0 Å². The molecule has 1 heterocycles. The molecule has 0 aliphatic carbocycles. The van der Waals surface area contributed by atoms with E-state index in [0.29, 0.717) is 17.9 Å². The van der Waals surface area contributed by atoms with Crippen LogP contribution in [-0.4, -0.2) is 33.5 Å². The van der Waals surface area contributed by atoms with Crippen molar-refractivity contribution < 1.29 is 8.42 Å². The second-order valence-electron chi connectivity index (χ2n) is 5.99. The third-order valence-corrected chi connectivity index (χ3v) is 6.46. The summed E-state index contributed by atoms with van der Waals surface area (Å²) in [7, 11) is 0.406. The first-order chi connectivity index (χ1) is 11.9. The summed E-state index contributed by atoms with van der Waals surface area (Å²) in [6.45, 7) is 0.410. The fraction of sp³-hybridized carbons (Fsp3) is 0.222. The summed E-state index contributed by atoms with van der Waals surface area (Å²) in [6, 6.07) is 14.9. The second kappa shape index (κ2) is 7.35. The Kier molecular flexibility index (Phi) is 5.35. The number of rotatable bonds is 4. The first-order valence-corrected chi connectivity index (χ1v) is 10.4. The summed E-state index contributed by atoms with van der Waals surface area (Å²) in [6.07, 6.45) is 2.70. The van der Waals surface area contributed by atoms with Gasteiger partial charge in [0.25, 0.3) is 10.0 Å². The van der Waals surface area contributed by atoms with Crippen LogP contribution >= 0.6 is 22.6 Å². The minimum atomic E-state index is -3.57. The first kappa shape index (κ1) is 18.2. The van der Waals surface area contributed by atoms with Crippen LogP contribution in [-0.2, 0) is 10.0 Å². The maximum absolute atomic E-state index is 12.8. The van der Waals surface area contributed by atoms with Crippen molar-refractivity contribution in [1.29, 1.82) is 0 Å². The number of nitrogens with zero attached hydrogens (tertiary/aromatic N) is 2. The topological polar surface area (TPSA) is 52.7 Å². The molecule has 1 N–H and O–H groups in total. The van der Waals surface area contributed by atoms with Gasteiger partial charge in [0.2, 0.25) is 0 Å². The molecule has 0 fully saturated rings. The van der Waals surface area contributed by atoms with Crippen LogP contribution in [0.4, 0.5) is 5.69 Å². The van der Waals surface area contributed by atoms with Crippen molar-refractivity contribution >= 4 is 44.0 Å². The fourth-order valence-corrected chi connectivity index (χ4v) is 4.26. The Bertz CT molecular complexity index is 876. The zero-order valence-corrected chi connectivity index (χ0v) is 17.1. The van der Waals surface area contributed by atoms with E-state index >= 15 is 0 Å². The normalized spacial score (nSPS) is 15.4. The Morgan fingerprint density at radius 3 is 2.28 bits per heavy atom. The van der Waals surface area contributed by atoms with E-state index in [1.165, 1.54) is 4.41 Å². The van der Waals surface area contributed by atoms with E-state index in [2.05, 4.69) is 28.0 Å². The molecule has 0 aromatic heterocycles. The quantitative estimate of drug-likeness (QED) is 0.699. The molecular formula is C18H20IN3O2S. The summed E-state index contributed by atoms with van der Waals surface area (Å²) in [5.41, 5.74) is 5.94. The monoisotopic (exact) mass is 469 g/mol. The smallest absolute Gasteiger partial charge is 0.259 e. The van der Waals surface area contributed by atoms with E-state index < -0.39 is 10.0 Å². The molecule has 0 saturated carbocycles. The Morgan fingerprint density at radius 2 is 1.68 bits per heavy atom. The molecule has 1 aliphatic heterocycles. The van der Waals surface area contributed by atoms with Crippen molar-refractivity contribution in [3.63, 3.8) is 0 Å². The lowest BCUT2D eigenvalue weighted by molar-refractivity contribution is 0.363. The number of hydrazine groups is 1. The van der Waals surface area contributed by atoms with Crippen LogP contribution in [0.3, 0.4) is 0 Å². The fourth-order valence-electron chi connectivity index (χ4n) is 2.60. The van der Waals surface area contributed by atoms with Crippen LogP contribution in [0.1, 0.15) is 12.0 Å². The number of nitrogens with one attached hydrogen (secondary N) is 1. The Labute approximate surface area is 162 Å². The number of hydrogen-bond donors (Lipinski definition) is 1. The van der Waals surface area contributed by atoms with E-state index in [-0.39, 0.29) is 0 Å². The minimum absolute atomic E-state index is 0.296. The highest BCUT2D eigenvalue weighted by atomic mass is 127. The lowest BCUT2D eigenvalue weighted by Crippen LogP contribution is -2.44. The molecule has 0 atom stereocenters. The number of anilines is 1. The molecule has 2 aromatic carbocycles. The molecule has 0 amide bonds. The van der Waals surface area contributed by atoms with Crippen LogP contribution < -0.4 is 10.3 Å². The largest absolute Gasteiger partial charge is 0.378 e. The molecule has 2 aromatic rings. The molecule has 0 saturated heterocycles. The molecule has 0 bridgehead atoms. The zero-order valence-electron chi connectivity index (χ0n) is 14.1. The summed E-state index contributed by atoms with van der Waals surface area (Å²) in [5.74, 6) is 0. The third-order valence-electron chi connectivity index (χ3n) is 4.02. The van der Waals surface area contributed by atoms with E-state index in [1.54, 1.807) is 24.3 Å². The second-order valence-corrected chi connectivity index (χ2v) is 9.10. The van der Waals surface area contributed by atoms with E-state index in [1.807, 2.05) is 49.3 Å². The number of hydrogen-bond acceptors (Lipinski definition) is 4. The average molecular weight is 469 g/mol. The summed E-state index contributed by atoms with van der Waals surface area (Å²) >= 11 is 2.16. The molecule has 132 valence electrons.